The third-order valence-corrected chi connectivity index (χ3v) is 3.90. The van der Waals surface area contributed by atoms with Crippen LogP contribution in [0.25, 0.3) is 0 Å². The molecule has 24 heavy (non-hydrogen) atoms. The first-order valence-electron chi connectivity index (χ1n) is 7.83. The second-order valence-corrected chi connectivity index (χ2v) is 5.33. The monoisotopic (exact) mass is 332 g/mol. The minimum absolute atomic E-state index is 0.0970. The second-order valence-electron chi connectivity index (χ2n) is 5.33. The number of amides is 1. The molecular weight excluding hydrogens is 312 g/mol. The number of oxazole rings is 1. The minimum Gasteiger partial charge on any atom is -0.497 e. The molecule has 7 heteroatoms. The van der Waals surface area contributed by atoms with E-state index in [1.54, 1.807) is 25.2 Å². The number of hydrogen-bond acceptors (Lipinski definition) is 6. The molecule has 1 aliphatic heterocycles. The lowest BCUT2D eigenvalue weighted by Crippen LogP contribution is -2.36. The van der Waals surface area contributed by atoms with Crippen LogP contribution in [0.1, 0.15) is 29.4 Å². The quantitative estimate of drug-likeness (QED) is 0.838. The van der Waals surface area contributed by atoms with Crippen LogP contribution in [0.2, 0.25) is 0 Å². The smallest absolute Gasteiger partial charge is 0.394 e. The molecule has 0 saturated heterocycles. The standard InChI is InChI=1S/C17H20N2O5/c1-4-23-17-18-13(10-24-17)16(20)19-7-5-6-11-8-12(21-2)9-14(22-3)15(11)19/h8-10H,4-7H2,1-3H3. The van der Waals surface area contributed by atoms with E-state index in [9.17, 15) is 4.79 Å². The maximum Gasteiger partial charge on any atom is 0.394 e. The molecule has 2 aromatic rings. The minimum atomic E-state index is -0.242. The topological polar surface area (TPSA) is 74.0 Å². The predicted molar refractivity (Wildman–Crippen MR) is 87.2 cm³/mol. The van der Waals surface area contributed by atoms with Gasteiger partial charge in [-0.3, -0.25) is 4.79 Å². The van der Waals surface area contributed by atoms with Crippen LogP contribution in [0.5, 0.6) is 17.6 Å². The summed E-state index contributed by atoms with van der Waals surface area (Å²) in [7, 11) is 3.19. The molecule has 0 spiro atoms. The van der Waals surface area contributed by atoms with Gasteiger partial charge in [-0.2, -0.15) is 4.98 Å². The van der Waals surface area contributed by atoms with Gasteiger partial charge in [0.05, 0.1) is 26.5 Å². The Morgan fingerprint density at radius 2 is 2.17 bits per heavy atom. The predicted octanol–water partition coefficient (Wildman–Crippen LogP) is 2.68. The van der Waals surface area contributed by atoms with Gasteiger partial charge in [-0.25, -0.2) is 0 Å². The van der Waals surface area contributed by atoms with Gasteiger partial charge < -0.3 is 23.5 Å². The Bertz CT molecular complexity index is 723. The lowest BCUT2D eigenvalue weighted by molar-refractivity contribution is 0.0979. The average Bonchev–Trinajstić information content (AvgIpc) is 3.08. The summed E-state index contributed by atoms with van der Waals surface area (Å²) in [5, 5.41) is 0. The molecule has 1 aliphatic rings. The van der Waals surface area contributed by atoms with Crippen LogP contribution in [0.4, 0.5) is 5.69 Å². The van der Waals surface area contributed by atoms with Crippen molar-refractivity contribution in [3.05, 3.63) is 29.7 Å². The summed E-state index contributed by atoms with van der Waals surface area (Å²) in [4.78, 5) is 18.6. The molecule has 0 aliphatic carbocycles. The number of fused-ring (bicyclic) bond motifs is 1. The van der Waals surface area contributed by atoms with E-state index in [1.807, 2.05) is 13.0 Å². The number of aromatic nitrogens is 1. The van der Waals surface area contributed by atoms with E-state index in [2.05, 4.69) is 4.98 Å². The van der Waals surface area contributed by atoms with Gasteiger partial charge in [0.25, 0.3) is 5.91 Å². The molecule has 0 bridgehead atoms. The van der Waals surface area contributed by atoms with Crippen molar-refractivity contribution in [2.75, 3.05) is 32.3 Å². The van der Waals surface area contributed by atoms with Crippen molar-refractivity contribution in [3.63, 3.8) is 0 Å². The Balaban J connectivity index is 1.97. The number of methoxy groups -OCH3 is 2. The van der Waals surface area contributed by atoms with Gasteiger partial charge in [0.2, 0.25) is 0 Å². The molecule has 0 fully saturated rings. The number of hydrogen-bond donors (Lipinski definition) is 0. The van der Waals surface area contributed by atoms with Crippen molar-refractivity contribution in [2.45, 2.75) is 19.8 Å². The Hall–Kier alpha value is -2.70. The summed E-state index contributed by atoms with van der Waals surface area (Å²) in [5.74, 6) is 1.07. The van der Waals surface area contributed by atoms with Gasteiger partial charge in [0.1, 0.15) is 17.8 Å². The van der Waals surface area contributed by atoms with E-state index in [-0.39, 0.29) is 17.7 Å². The number of anilines is 1. The highest BCUT2D eigenvalue weighted by molar-refractivity contribution is 6.06. The average molecular weight is 332 g/mol. The highest BCUT2D eigenvalue weighted by atomic mass is 16.6. The Kier molecular flexibility index (Phi) is 4.59. The first kappa shape index (κ1) is 16.2. The molecule has 1 amide bonds. The number of rotatable bonds is 5. The van der Waals surface area contributed by atoms with Crippen LogP contribution in [0.3, 0.4) is 0 Å². The molecule has 1 aromatic heterocycles. The van der Waals surface area contributed by atoms with E-state index in [0.717, 1.165) is 24.1 Å². The lowest BCUT2D eigenvalue weighted by Gasteiger charge is -2.30. The van der Waals surface area contributed by atoms with Crippen molar-refractivity contribution in [2.24, 2.45) is 0 Å². The first-order chi connectivity index (χ1) is 11.7. The number of ether oxygens (including phenoxy) is 3. The molecule has 7 nitrogen and oxygen atoms in total. The van der Waals surface area contributed by atoms with Crippen LogP contribution < -0.4 is 19.1 Å². The summed E-state index contributed by atoms with van der Waals surface area (Å²) < 4.78 is 21.1. The molecule has 0 unspecified atom stereocenters. The van der Waals surface area contributed by atoms with E-state index in [0.29, 0.717) is 24.7 Å². The highest BCUT2D eigenvalue weighted by Gasteiger charge is 2.29. The van der Waals surface area contributed by atoms with Crippen LogP contribution >= 0.6 is 0 Å². The highest BCUT2D eigenvalue weighted by Crippen LogP contribution is 2.40. The normalized spacial score (nSPS) is 13.4. The van der Waals surface area contributed by atoms with Crippen LogP contribution in [0.15, 0.2) is 22.8 Å². The van der Waals surface area contributed by atoms with Gasteiger partial charge in [-0.15, -0.1) is 0 Å². The van der Waals surface area contributed by atoms with Crippen molar-refractivity contribution in [1.82, 2.24) is 4.98 Å². The summed E-state index contributed by atoms with van der Waals surface area (Å²) in [6.07, 6.45) is 3.12. The molecule has 1 aromatic carbocycles. The largest absolute Gasteiger partial charge is 0.497 e. The maximum atomic E-state index is 12.9. The number of aryl methyl sites for hydroxylation is 1. The van der Waals surface area contributed by atoms with Gasteiger partial charge in [0, 0.05) is 12.6 Å². The van der Waals surface area contributed by atoms with Crippen molar-refractivity contribution < 1.29 is 23.4 Å². The van der Waals surface area contributed by atoms with Crippen molar-refractivity contribution >= 4 is 11.6 Å². The second kappa shape index (κ2) is 6.82. The fourth-order valence-corrected chi connectivity index (χ4v) is 2.83. The molecule has 2 heterocycles. The van der Waals surface area contributed by atoms with Crippen LogP contribution in [-0.4, -0.2) is 38.3 Å². The van der Waals surface area contributed by atoms with E-state index >= 15 is 0 Å². The number of benzene rings is 1. The summed E-state index contributed by atoms with van der Waals surface area (Å²) in [6.45, 7) is 2.84. The van der Waals surface area contributed by atoms with Gasteiger partial charge in [-0.1, -0.05) is 0 Å². The Labute approximate surface area is 140 Å². The summed E-state index contributed by atoms with van der Waals surface area (Å²) in [6, 6.07) is 3.71. The van der Waals surface area contributed by atoms with Gasteiger partial charge in [-0.05, 0) is 31.4 Å². The molecule has 3 rings (SSSR count). The first-order valence-corrected chi connectivity index (χ1v) is 7.83. The fourth-order valence-electron chi connectivity index (χ4n) is 2.83. The molecule has 0 atom stereocenters. The molecule has 128 valence electrons. The molecule has 0 radical (unpaired) electrons. The van der Waals surface area contributed by atoms with E-state index in [1.165, 1.54) is 6.26 Å². The lowest BCUT2D eigenvalue weighted by atomic mass is 10.00. The van der Waals surface area contributed by atoms with Crippen molar-refractivity contribution in [1.29, 1.82) is 0 Å². The van der Waals surface area contributed by atoms with E-state index in [4.69, 9.17) is 18.6 Å². The van der Waals surface area contributed by atoms with E-state index < -0.39 is 0 Å². The molecule has 0 saturated carbocycles. The molecular formula is C17H20N2O5. The fraction of sp³-hybridized carbons (Fsp3) is 0.412. The zero-order chi connectivity index (χ0) is 17.1. The third kappa shape index (κ3) is 2.89. The summed E-state index contributed by atoms with van der Waals surface area (Å²) in [5.41, 5.74) is 1.99. The number of nitrogens with zero attached hydrogens (tertiary/aromatic N) is 2. The Morgan fingerprint density at radius 3 is 2.88 bits per heavy atom. The zero-order valence-corrected chi connectivity index (χ0v) is 14.0. The van der Waals surface area contributed by atoms with Crippen LogP contribution in [-0.2, 0) is 6.42 Å². The summed E-state index contributed by atoms with van der Waals surface area (Å²) >= 11 is 0. The van der Waals surface area contributed by atoms with Gasteiger partial charge >= 0.3 is 6.08 Å². The van der Waals surface area contributed by atoms with Crippen molar-refractivity contribution in [3.8, 4) is 17.6 Å². The SMILES string of the molecule is CCOc1nc(C(=O)N2CCCc3cc(OC)cc(OC)c32)co1. The molecule has 0 N–H and O–H groups in total. The number of carbonyl (C=O) groups excluding carboxylic acids is 1. The third-order valence-electron chi connectivity index (χ3n) is 3.90. The van der Waals surface area contributed by atoms with Gasteiger partial charge in [0.15, 0.2) is 5.69 Å². The number of carbonyl (C=O) groups is 1. The zero-order valence-electron chi connectivity index (χ0n) is 14.0. The van der Waals surface area contributed by atoms with Crippen LogP contribution in [0, 0.1) is 0 Å². The maximum absolute atomic E-state index is 12.9. The Morgan fingerprint density at radius 1 is 1.33 bits per heavy atom.